The van der Waals surface area contributed by atoms with Gasteiger partial charge in [-0.3, -0.25) is 14.3 Å². The first-order valence-electron chi connectivity index (χ1n) is 13.8. The predicted molar refractivity (Wildman–Crippen MR) is 146 cm³/mol. The average molecular weight is 499 g/mol. The fraction of sp³-hybridized carbons (Fsp3) is 0.452. The van der Waals surface area contributed by atoms with Gasteiger partial charge in [0.15, 0.2) is 0 Å². The van der Waals surface area contributed by atoms with Crippen LogP contribution < -0.4 is 5.32 Å². The highest BCUT2D eigenvalue weighted by molar-refractivity contribution is 6.00. The van der Waals surface area contributed by atoms with Crippen molar-refractivity contribution in [1.82, 2.24) is 20.0 Å². The Hall–Kier alpha value is -3.41. The summed E-state index contributed by atoms with van der Waals surface area (Å²) in [6, 6.07) is 20.7. The molecule has 6 nitrogen and oxygen atoms in total. The minimum Gasteiger partial charge on any atom is -0.351 e. The van der Waals surface area contributed by atoms with E-state index in [2.05, 4.69) is 48.6 Å². The van der Waals surface area contributed by atoms with Crippen molar-refractivity contribution in [3.8, 4) is 11.3 Å². The molecular formula is C31H38N4O2. The summed E-state index contributed by atoms with van der Waals surface area (Å²) in [4.78, 5) is 29.5. The van der Waals surface area contributed by atoms with Crippen molar-refractivity contribution in [2.24, 2.45) is 0 Å². The van der Waals surface area contributed by atoms with E-state index in [9.17, 15) is 9.59 Å². The molecule has 1 aromatic heterocycles. The average Bonchev–Trinajstić information content (AvgIpc) is 3.35. The van der Waals surface area contributed by atoms with E-state index < -0.39 is 5.54 Å². The van der Waals surface area contributed by atoms with E-state index in [0.29, 0.717) is 18.8 Å². The van der Waals surface area contributed by atoms with Gasteiger partial charge in [0.2, 0.25) is 5.91 Å². The second-order valence-corrected chi connectivity index (χ2v) is 10.8. The minimum absolute atomic E-state index is 0.0672. The third kappa shape index (κ3) is 5.34. The Labute approximate surface area is 220 Å². The zero-order chi connectivity index (χ0) is 25.8. The van der Waals surface area contributed by atoms with Crippen LogP contribution in [0.25, 0.3) is 11.3 Å². The topological polar surface area (TPSA) is 67.2 Å². The maximum absolute atomic E-state index is 13.9. The molecule has 1 aliphatic carbocycles. The van der Waals surface area contributed by atoms with Crippen LogP contribution in [0.2, 0.25) is 0 Å². The van der Waals surface area contributed by atoms with Crippen LogP contribution in [0.15, 0.2) is 60.7 Å². The number of amides is 2. The zero-order valence-electron chi connectivity index (χ0n) is 22.1. The van der Waals surface area contributed by atoms with Gasteiger partial charge in [0.05, 0.1) is 12.2 Å². The molecule has 1 fully saturated rings. The third-order valence-corrected chi connectivity index (χ3v) is 8.08. The summed E-state index contributed by atoms with van der Waals surface area (Å²) in [6.07, 6.45) is 8.16. The Balaban J connectivity index is 1.42. The highest BCUT2D eigenvalue weighted by Crippen LogP contribution is 2.31. The van der Waals surface area contributed by atoms with Gasteiger partial charge in [0.1, 0.15) is 11.2 Å². The number of aromatic nitrogens is 2. The molecule has 1 aliphatic heterocycles. The number of nitrogens with zero attached hydrogens (tertiary/aromatic N) is 3. The number of rotatable bonds is 8. The van der Waals surface area contributed by atoms with Gasteiger partial charge < -0.3 is 10.2 Å². The summed E-state index contributed by atoms with van der Waals surface area (Å²) >= 11 is 0. The molecule has 0 bridgehead atoms. The van der Waals surface area contributed by atoms with Crippen molar-refractivity contribution in [3.63, 3.8) is 0 Å². The SMILES string of the molecule is CCc1ccc(-c2cc3n(n2)C[C@](C)(C(=O)NC2CCCCC2)N(CCCc2ccccc2)C3=O)cc1. The van der Waals surface area contributed by atoms with Crippen LogP contribution in [-0.4, -0.2) is 44.6 Å². The molecule has 1 atom stereocenters. The van der Waals surface area contributed by atoms with Gasteiger partial charge in [-0.25, -0.2) is 0 Å². The second-order valence-electron chi connectivity index (χ2n) is 10.8. The lowest BCUT2D eigenvalue weighted by Crippen LogP contribution is -2.65. The van der Waals surface area contributed by atoms with E-state index in [1.165, 1.54) is 17.5 Å². The first-order chi connectivity index (χ1) is 18.0. The maximum atomic E-state index is 13.9. The lowest BCUT2D eigenvalue weighted by atomic mass is 9.91. The van der Waals surface area contributed by atoms with Gasteiger partial charge in [-0.2, -0.15) is 5.10 Å². The van der Waals surface area contributed by atoms with Crippen LogP contribution in [0, 0.1) is 0 Å². The molecule has 6 heteroatoms. The van der Waals surface area contributed by atoms with Crippen LogP contribution in [0.1, 0.15) is 74.0 Å². The Morgan fingerprint density at radius 1 is 1.03 bits per heavy atom. The normalized spacial score (nSPS) is 20.1. The van der Waals surface area contributed by atoms with Gasteiger partial charge >= 0.3 is 0 Å². The van der Waals surface area contributed by atoms with Crippen LogP contribution in [0.3, 0.4) is 0 Å². The predicted octanol–water partition coefficient (Wildman–Crippen LogP) is 5.41. The van der Waals surface area contributed by atoms with Crippen molar-refractivity contribution in [1.29, 1.82) is 0 Å². The fourth-order valence-corrected chi connectivity index (χ4v) is 5.72. The van der Waals surface area contributed by atoms with E-state index in [-0.39, 0.29) is 17.9 Å². The fourth-order valence-electron chi connectivity index (χ4n) is 5.72. The molecule has 0 saturated heterocycles. The third-order valence-electron chi connectivity index (χ3n) is 8.08. The molecule has 2 aromatic carbocycles. The van der Waals surface area contributed by atoms with E-state index >= 15 is 0 Å². The van der Waals surface area contributed by atoms with Crippen molar-refractivity contribution < 1.29 is 9.59 Å². The number of nitrogens with one attached hydrogen (secondary N) is 1. The standard InChI is InChI=1S/C31H38N4O2/c1-3-23-16-18-25(19-17-23)27-21-28-29(36)34(20-10-13-24-11-6-4-7-12-24)31(2,22-35(28)33-27)30(37)32-26-14-8-5-9-15-26/h4,6-7,11-12,16-19,21,26H,3,5,8-10,13-15,20,22H2,1-2H3,(H,32,37)/t31-/m1/s1. The zero-order valence-corrected chi connectivity index (χ0v) is 22.1. The Bertz CT molecular complexity index is 1230. The smallest absolute Gasteiger partial charge is 0.273 e. The number of carbonyl (C=O) groups is 2. The van der Waals surface area contributed by atoms with Crippen molar-refractivity contribution >= 4 is 11.8 Å². The van der Waals surface area contributed by atoms with E-state index in [1.807, 2.05) is 31.2 Å². The summed E-state index contributed by atoms with van der Waals surface area (Å²) in [7, 11) is 0. The summed E-state index contributed by atoms with van der Waals surface area (Å²) in [5.74, 6) is -0.188. The Morgan fingerprint density at radius 2 is 1.76 bits per heavy atom. The first kappa shape index (κ1) is 25.2. The molecule has 0 radical (unpaired) electrons. The molecule has 0 unspecified atom stereocenters. The van der Waals surface area contributed by atoms with Gasteiger partial charge in [-0.05, 0) is 56.2 Å². The van der Waals surface area contributed by atoms with E-state index in [4.69, 9.17) is 5.10 Å². The number of hydrogen-bond acceptors (Lipinski definition) is 3. The second kappa shape index (κ2) is 10.9. The molecule has 2 heterocycles. The number of fused-ring (bicyclic) bond motifs is 1. The van der Waals surface area contributed by atoms with E-state index in [1.54, 1.807) is 9.58 Å². The van der Waals surface area contributed by atoms with Gasteiger partial charge in [0, 0.05) is 18.2 Å². The molecule has 3 aromatic rings. The van der Waals surface area contributed by atoms with Gasteiger partial charge in [0.25, 0.3) is 5.91 Å². The van der Waals surface area contributed by atoms with Crippen LogP contribution in [-0.2, 0) is 24.2 Å². The van der Waals surface area contributed by atoms with Crippen LogP contribution >= 0.6 is 0 Å². The largest absolute Gasteiger partial charge is 0.351 e. The van der Waals surface area contributed by atoms with Crippen LogP contribution in [0.4, 0.5) is 0 Å². The molecule has 5 rings (SSSR count). The molecule has 2 amide bonds. The quantitative estimate of drug-likeness (QED) is 0.452. The summed E-state index contributed by atoms with van der Waals surface area (Å²) in [6.45, 7) is 4.92. The summed E-state index contributed by atoms with van der Waals surface area (Å²) in [5.41, 5.74) is 3.82. The Morgan fingerprint density at radius 3 is 2.46 bits per heavy atom. The number of hydrogen-bond donors (Lipinski definition) is 1. The first-order valence-corrected chi connectivity index (χ1v) is 13.8. The summed E-state index contributed by atoms with van der Waals surface area (Å²) in [5, 5.41) is 8.10. The molecule has 2 aliphatic rings. The molecule has 1 saturated carbocycles. The molecule has 194 valence electrons. The van der Waals surface area contributed by atoms with Gasteiger partial charge in [-0.1, -0.05) is 80.8 Å². The van der Waals surface area contributed by atoms with E-state index in [0.717, 1.165) is 56.2 Å². The lowest BCUT2D eigenvalue weighted by Gasteiger charge is -2.44. The molecule has 0 spiro atoms. The lowest BCUT2D eigenvalue weighted by molar-refractivity contribution is -0.134. The van der Waals surface area contributed by atoms with Gasteiger partial charge in [-0.15, -0.1) is 0 Å². The monoisotopic (exact) mass is 498 g/mol. The van der Waals surface area contributed by atoms with Crippen molar-refractivity contribution in [3.05, 3.63) is 77.5 Å². The highest BCUT2D eigenvalue weighted by atomic mass is 16.2. The van der Waals surface area contributed by atoms with Crippen molar-refractivity contribution in [2.75, 3.05) is 6.54 Å². The number of benzene rings is 2. The number of aryl methyl sites for hydroxylation is 2. The molecule has 37 heavy (non-hydrogen) atoms. The molecule has 1 N–H and O–H groups in total. The minimum atomic E-state index is -0.992. The number of carbonyl (C=O) groups excluding carboxylic acids is 2. The van der Waals surface area contributed by atoms with Crippen LogP contribution in [0.5, 0.6) is 0 Å². The molecular weight excluding hydrogens is 460 g/mol. The Kier molecular flexibility index (Phi) is 7.45. The van der Waals surface area contributed by atoms with Crippen molar-refractivity contribution in [2.45, 2.75) is 83.3 Å². The maximum Gasteiger partial charge on any atom is 0.273 e. The summed E-state index contributed by atoms with van der Waals surface area (Å²) < 4.78 is 1.75. The highest BCUT2D eigenvalue weighted by Gasteiger charge is 2.48.